The number of ether oxygens (including phenoxy) is 1. The van der Waals surface area contributed by atoms with Crippen molar-refractivity contribution in [3.05, 3.63) is 29.3 Å². The zero-order valence-corrected chi connectivity index (χ0v) is 14.0. The summed E-state index contributed by atoms with van der Waals surface area (Å²) in [5, 5.41) is 19.0. The first kappa shape index (κ1) is 17.9. The van der Waals surface area contributed by atoms with Crippen molar-refractivity contribution in [2.75, 3.05) is 13.2 Å². The molecule has 1 aliphatic heterocycles. The second-order valence-electron chi connectivity index (χ2n) is 6.90. The number of benzene rings is 1. The smallest absolute Gasteiger partial charge is 0.407 e. The van der Waals surface area contributed by atoms with E-state index in [0.717, 1.165) is 25.7 Å². The summed E-state index contributed by atoms with van der Waals surface area (Å²) >= 11 is 0. The fraction of sp³-hybridized carbons (Fsp3) is 0.611. The van der Waals surface area contributed by atoms with Crippen LogP contribution >= 0.6 is 0 Å². The Bertz CT molecular complexity index is 632. The molecule has 0 aromatic heterocycles. The summed E-state index contributed by atoms with van der Waals surface area (Å²) in [4.78, 5) is 12.6. The van der Waals surface area contributed by atoms with Gasteiger partial charge < -0.3 is 19.8 Å². The van der Waals surface area contributed by atoms with E-state index in [1.165, 1.54) is 11.0 Å². The van der Waals surface area contributed by atoms with Gasteiger partial charge in [-0.15, -0.1) is 0 Å². The number of rotatable bonds is 4. The summed E-state index contributed by atoms with van der Waals surface area (Å²) < 4.78 is 32.8. The molecule has 1 aromatic rings. The first-order valence-electron chi connectivity index (χ1n) is 8.74. The zero-order valence-electron chi connectivity index (χ0n) is 14.0. The Labute approximate surface area is 145 Å². The summed E-state index contributed by atoms with van der Waals surface area (Å²) in [7, 11) is 0. The molecule has 1 heterocycles. The average molecular weight is 355 g/mol. The number of aromatic hydroxyl groups is 1. The molecule has 2 N–H and O–H groups in total. The first-order valence-corrected chi connectivity index (χ1v) is 8.74. The Balaban J connectivity index is 1.52. The number of carboxylic acid groups (broad SMARTS) is 1. The van der Waals surface area contributed by atoms with Crippen LogP contribution in [-0.4, -0.2) is 46.5 Å². The van der Waals surface area contributed by atoms with Gasteiger partial charge in [-0.1, -0.05) is 0 Å². The van der Waals surface area contributed by atoms with Crippen LogP contribution in [0.3, 0.4) is 0 Å². The average Bonchev–Trinajstić information content (AvgIpc) is 3.05. The third-order valence-electron chi connectivity index (χ3n) is 5.32. The Kier molecular flexibility index (Phi) is 5.42. The van der Waals surface area contributed by atoms with Crippen molar-refractivity contribution in [3.8, 4) is 5.75 Å². The molecule has 2 aliphatic rings. The molecule has 1 saturated heterocycles. The van der Waals surface area contributed by atoms with Crippen LogP contribution in [0.4, 0.5) is 13.6 Å². The lowest BCUT2D eigenvalue weighted by Gasteiger charge is -2.31. The van der Waals surface area contributed by atoms with Crippen LogP contribution in [0.2, 0.25) is 0 Å². The van der Waals surface area contributed by atoms with Gasteiger partial charge in [0.15, 0.2) is 11.6 Å². The van der Waals surface area contributed by atoms with E-state index in [2.05, 4.69) is 0 Å². The lowest BCUT2D eigenvalue weighted by atomic mass is 9.82. The highest BCUT2D eigenvalue weighted by Gasteiger charge is 2.31. The second kappa shape index (κ2) is 7.56. The SMILES string of the molecule is O=C(O)N1CCCC1COC1CCC(c2cc(F)cc(F)c2O)CC1. The van der Waals surface area contributed by atoms with Gasteiger partial charge >= 0.3 is 6.09 Å². The highest BCUT2D eigenvalue weighted by Crippen LogP contribution is 2.39. The van der Waals surface area contributed by atoms with E-state index in [1.807, 2.05) is 0 Å². The van der Waals surface area contributed by atoms with Crippen molar-refractivity contribution >= 4 is 6.09 Å². The topological polar surface area (TPSA) is 70.0 Å². The Morgan fingerprint density at radius 2 is 1.92 bits per heavy atom. The Morgan fingerprint density at radius 1 is 1.20 bits per heavy atom. The van der Waals surface area contributed by atoms with E-state index in [4.69, 9.17) is 9.84 Å². The zero-order chi connectivity index (χ0) is 18.0. The molecule has 7 heteroatoms. The molecule has 1 aromatic carbocycles. The highest BCUT2D eigenvalue weighted by atomic mass is 19.1. The van der Waals surface area contributed by atoms with Gasteiger partial charge in [-0.25, -0.2) is 13.6 Å². The van der Waals surface area contributed by atoms with Crippen molar-refractivity contribution in [2.45, 2.75) is 56.6 Å². The number of hydrogen-bond acceptors (Lipinski definition) is 3. The van der Waals surface area contributed by atoms with Gasteiger partial charge in [0, 0.05) is 18.2 Å². The molecular weight excluding hydrogens is 332 g/mol. The maximum Gasteiger partial charge on any atom is 0.407 e. The summed E-state index contributed by atoms with van der Waals surface area (Å²) in [6.45, 7) is 0.946. The van der Waals surface area contributed by atoms with Crippen LogP contribution < -0.4 is 0 Å². The quantitative estimate of drug-likeness (QED) is 0.861. The van der Waals surface area contributed by atoms with Crippen LogP contribution in [0.15, 0.2) is 12.1 Å². The van der Waals surface area contributed by atoms with Gasteiger partial charge in [0.05, 0.1) is 18.8 Å². The Morgan fingerprint density at radius 3 is 2.60 bits per heavy atom. The Hall–Kier alpha value is -1.89. The van der Waals surface area contributed by atoms with Crippen molar-refractivity contribution in [1.29, 1.82) is 0 Å². The van der Waals surface area contributed by atoms with E-state index < -0.39 is 23.5 Å². The number of nitrogens with zero attached hydrogens (tertiary/aromatic N) is 1. The number of hydrogen-bond donors (Lipinski definition) is 2. The predicted molar refractivity (Wildman–Crippen MR) is 86.7 cm³/mol. The summed E-state index contributed by atoms with van der Waals surface area (Å²) in [5.41, 5.74) is 0.323. The maximum atomic E-state index is 13.5. The van der Waals surface area contributed by atoms with E-state index in [0.29, 0.717) is 37.6 Å². The van der Waals surface area contributed by atoms with Crippen molar-refractivity contribution < 1.29 is 28.5 Å². The molecule has 138 valence electrons. The van der Waals surface area contributed by atoms with E-state index in [1.54, 1.807) is 0 Å². The number of amides is 1. The molecule has 1 saturated carbocycles. The van der Waals surface area contributed by atoms with Gasteiger partial charge in [-0.05, 0) is 50.5 Å². The second-order valence-corrected chi connectivity index (χ2v) is 6.90. The third-order valence-corrected chi connectivity index (χ3v) is 5.32. The van der Waals surface area contributed by atoms with Gasteiger partial charge in [0.1, 0.15) is 5.82 Å². The standard InChI is InChI=1S/C18H23F2NO4/c19-12-8-15(17(22)16(20)9-12)11-3-5-14(6-4-11)25-10-13-2-1-7-21(13)18(23)24/h8-9,11,13-14,22H,1-7,10H2,(H,23,24). The molecule has 5 nitrogen and oxygen atoms in total. The fourth-order valence-electron chi connectivity index (χ4n) is 3.95. The largest absolute Gasteiger partial charge is 0.505 e. The molecule has 1 aliphatic carbocycles. The van der Waals surface area contributed by atoms with Gasteiger partial charge in [0.25, 0.3) is 0 Å². The normalized spacial score (nSPS) is 26.8. The molecule has 0 radical (unpaired) electrons. The van der Waals surface area contributed by atoms with Crippen molar-refractivity contribution in [2.24, 2.45) is 0 Å². The van der Waals surface area contributed by atoms with Crippen LogP contribution in [0.1, 0.15) is 50.0 Å². The van der Waals surface area contributed by atoms with Crippen molar-refractivity contribution in [3.63, 3.8) is 0 Å². The molecule has 0 spiro atoms. The van der Waals surface area contributed by atoms with Crippen LogP contribution in [0.5, 0.6) is 5.75 Å². The van der Waals surface area contributed by atoms with E-state index >= 15 is 0 Å². The molecule has 25 heavy (non-hydrogen) atoms. The number of halogens is 2. The van der Waals surface area contributed by atoms with Gasteiger partial charge in [-0.2, -0.15) is 0 Å². The number of phenolic OH excluding ortho intramolecular Hbond substituents is 1. The minimum atomic E-state index is -0.927. The molecule has 1 unspecified atom stereocenters. The molecule has 2 fully saturated rings. The maximum absolute atomic E-state index is 13.5. The summed E-state index contributed by atoms with van der Waals surface area (Å²) in [6.07, 6.45) is 3.59. The third kappa shape index (κ3) is 4.03. The van der Waals surface area contributed by atoms with Crippen molar-refractivity contribution in [1.82, 2.24) is 4.90 Å². The van der Waals surface area contributed by atoms with Crippen LogP contribution in [-0.2, 0) is 4.74 Å². The number of phenols is 1. The monoisotopic (exact) mass is 355 g/mol. The summed E-state index contributed by atoms with van der Waals surface area (Å²) in [5.74, 6) is -2.16. The number of likely N-dealkylation sites (tertiary alicyclic amines) is 1. The fourth-order valence-corrected chi connectivity index (χ4v) is 3.95. The molecular formula is C18H23F2NO4. The van der Waals surface area contributed by atoms with Crippen LogP contribution in [0, 0.1) is 11.6 Å². The summed E-state index contributed by atoms with van der Waals surface area (Å²) in [6, 6.07) is 1.80. The predicted octanol–water partition coefficient (Wildman–Crippen LogP) is 3.86. The van der Waals surface area contributed by atoms with Crippen LogP contribution in [0.25, 0.3) is 0 Å². The first-order chi connectivity index (χ1) is 12.0. The molecule has 0 bridgehead atoms. The van der Waals surface area contributed by atoms with Gasteiger partial charge in [-0.3, -0.25) is 0 Å². The highest BCUT2D eigenvalue weighted by molar-refractivity contribution is 5.65. The minimum Gasteiger partial charge on any atom is -0.505 e. The number of carbonyl (C=O) groups is 1. The lowest BCUT2D eigenvalue weighted by Crippen LogP contribution is -2.38. The van der Waals surface area contributed by atoms with Gasteiger partial charge in [0.2, 0.25) is 0 Å². The van der Waals surface area contributed by atoms with E-state index in [9.17, 15) is 18.7 Å². The molecule has 1 amide bonds. The molecule has 3 rings (SSSR count). The minimum absolute atomic E-state index is 0.0213. The lowest BCUT2D eigenvalue weighted by molar-refractivity contribution is -0.00115. The van der Waals surface area contributed by atoms with E-state index in [-0.39, 0.29) is 18.1 Å². The molecule has 1 atom stereocenters.